The fraction of sp³-hybridized carbons (Fsp3) is 0.357. The lowest BCUT2D eigenvalue weighted by Crippen LogP contribution is -2.50. The van der Waals surface area contributed by atoms with Crippen LogP contribution >= 0.6 is 0 Å². The zero-order chi connectivity index (χ0) is 23.9. The van der Waals surface area contributed by atoms with Gasteiger partial charge in [-0.3, -0.25) is 9.59 Å². The van der Waals surface area contributed by atoms with Crippen molar-refractivity contribution in [3.63, 3.8) is 0 Å². The lowest BCUT2D eigenvalue weighted by atomic mass is 10.1. The van der Waals surface area contributed by atoms with Crippen molar-refractivity contribution in [2.45, 2.75) is 51.2 Å². The van der Waals surface area contributed by atoms with Crippen molar-refractivity contribution in [2.24, 2.45) is 0 Å². The molecule has 6 heteroatoms. The van der Waals surface area contributed by atoms with Gasteiger partial charge in [0.25, 0.3) is 5.91 Å². The molecule has 0 spiro atoms. The number of carbonyl (C=O) groups is 2. The molecule has 2 amide bonds. The molecule has 3 aromatic carbocycles. The van der Waals surface area contributed by atoms with Crippen molar-refractivity contribution in [3.05, 3.63) is 72.3 Å². The third-order valence-corrected chi connectivity index (χ3v) is 6.48. The molecule has 34 heavy (non-hydrogen) atoms. The monoisotopic (exact) mass is 460 g/mol. The number of nitrogens with one attached hydrogen (secondary N) is 1. The van der Waals surface area contributed by atoms with Crippen LogP contribution in [-0.4, -0.2) is 42.5 Å². The van der Waals surface area contributed by atoms with Gasteiger partial charge >= 0.3 is 0 Å². The molecule has 0 bridgehead atoms. The number of hydrogen-bond donors (Lipinski definition) is 1. The molecule has 0 aliphatic heterocycles. The number of carbonyl (C=O) groups excluding carboxylic acids is 2. The molecule has 1 fully saturated rings. The van der Waals surface area contributed by atoms with Crippen molar-refractivity contribution in [1.82, 2.24) is 10.2 Å². The summed E-state index contributed by atoms with van der Waals surface area (Å²) < 4.78 is 11.2. The van der Waals surface area contributed by atoms with Crippen LogP contribution in [0.25, 0.3) is 10.8 Å². The highest BCUT2D eigenvalue weighted by Gasteiger charge is 2.28. The van der Waals surface area contributed by atoms with Crippen LogP contribution in [0.3, 0.4) is 0 Å². The molecule has 0 aromatic heterocycles. The third kappa shape index (κ3) is 5.68. The molecular weight excluding hydrogens is 428 g/mol. The normalized spacial score (nSPS) is 14.5. The number of ether oxygens (including phenoxy) is 2. The number of hydrogen-bond acceptors (Lipinski definition) is 4. The third-order valence-electron chi connectivity index (χ3n) is 6.48. The predicted octanol–water partition coefficient (Wildman–Crippen LogP) is 4.70. The number of rotatable bonds is 9. The first kappa shape index (κ1) is 23.6. The molecule has 0 heterocycles. The Balaban J connectivity index is 1.50. The minimum atomic E-state index is -0.619. The number of amides is 2. The van der Waals surface area contributed by atoms with Gasteiger partial charge in [-0.25, -0.2) is 0 Å². The first-order valence-corrected chi connectivity index (χ1v) is 11.9. The lowest BCUT2D eigenvalue weighted by Gasteiger charge is -2.29. The van der Waals surface area contributed by atoms with Gasteiger partial charge in [0.05, 0.1) is 7.11 Å². The fourth-order valence-corrected chi connectivity index (χ4v) is 4.45. The molecule has 1 N–H and O–H groups in total. The standard InChI is InChI=1S/C28H32N2O4/c1-20(28(32)29-23-10-4-5-11-23)30(18-21-14-16-24(33-2)17-15-21)27(31)19-34-26-13-7-9-22-8-3-6-12-25(22)26/h3,6-9,12-17,20,23H,4-5,10-11,18-19H2,1-2H3,(H,29,32)/t20-/m0/s1. The van der Waals surface area contributed by atoms with Gasteiger partial charge in [-0.1, -0.05) is 61.4 Å². The maximum atomic E-state index is 13.4. The zero-order valence-electron chi connectivity index (χ0n) is 19.8. The molecule has 0 saturated heterocycles. The lowest BCUT2D eigenvalue weighted by molar-refractivity contribution is -0.142. The highest BCUT2D eigenvalue weighted by Crippen LogP contribution is 2.25. The van der Waals surface area contributed by atoms with Gasteiger partial charge < -0.3 is 19.7 Å². The average molecular weight is 461 g/mol. The van der Waals surface area contributed by atoms with Gasteiger partial charge in [-0.2, -0.15) is 0 Å². The maximum Gasteiger partial charge on any atom is 0.261 e. The second-order valence-corrected chi connectivity index (χ2v) is 8.80. The quantitative estimate of drug-likeness (QED) is 0.503. The summed E-state index contributed by atoms with van der Waals surface area (Å²) in [5, 5.41) is 5.12. The van der Waals surface area contributed by atoms with Crippen molar-refractivity contribution in [3.8, 4) is 11.5 Å². The minimum Gasteiger partial charge on any atom is -0.497 e. The van der Waals surface area contributed by atoms with E-state index in [2.05, 4.69) is 5.32 Å². The van der Waals surface area contributed by atoms with E-state index >= 15 is 0 Å². The summed E-state index contributed by atoms with van der Waals surface area (Å²) in [7, 11) is 1.62. The SMILES string of the molecule is COc1ccc(CN(C(=O)COc2cccc3ccccc23)[C@@H](C)C(=O)NC2CCCC2)cc1. The molecule has 6 nitrogen and oxygen atoms in total. The summed E-state index contributed by atoms with van der Waals surface area (Å²) in [5.41, 5.74) is 0.917. The molecule has 1 atom stereocenters. The molecule has 0 radical (unpaired) electrons. The smallest absolute Gasteiger partial charge is 0.261 e. The van der Waals surface area contributed by atoms with E-state index in [1.807, 2.05) is 66.7 Å². The van der Waals surface area contributed by atoms with Crippen LogP contribution < -0.4 is 14.8 Å². The Bertz CT molecular complexity index is 1120. The number of fused-ring (bicyclic) bond motifs is 1. The summed E-state index contributed by atoms with van der Waals surface area (Å²) in [6, 6.07) is 20.8. The van der Waals surface area contributed by atoms with Gasteiger partial charge in [0.2, 0.25) is 5.91 Å². The fourth-order valence-electron chi connectivity index (χ4n) is 4.45. The Morgan fingerprint density at radius 3 is 2.44 bits per heavy atom. The number of benzene rings is 3. The highest BCUT2D eigenvalue weighted by molar-refractivity contribution is 5.90. The van der Waals surface area contributed by atoms with E-state index in [4.69, 9.17) is 9.47 Å². The molecule has 4 rings (SSSR count). The Hall–Kier alpha value is -3.54. The first-order chi connectivity index (χ1) is 16.5. The van der Waals surface area contributed by atoms with Gasteiger partial charge in [0.1, 0.15) is 17.5 Å². The summed E-state index contributed by atoms with van der Waals surface area (Å²) >= 11 is 0. The van der Waals surface area contributed by atoms with Crippen LogP contribution in [-0.2, 0) is 16.1 Å². The predicted molar refractivity (Wildman–Crippen MR) is 133 cm³/mol. The summed E-state index contributed by atoms with van der Waals surface area (Å²) in [6.07, 6.45) is 4.25. The van der Waals surface area contributed by atoms with Gasteiger partial charge in [-0.15, -0.1) is 0 Å². The van der Waals surface area contributed by atoms with Crippen LogP contribution in [0.15, 0.2) is 66.7 Å². The largest absolute Gasteiger partial charge is 0.497 e. The van der Waals surface area contributed by atoms with Crippen molar-refractivity contribution in [1.29, 1.82) is 0 Å². The topological polar surface area (TPSA) is 67.9 Å². The first-order valence-electron chi connectivity index (χ1n) is 11.9. The van der Waals surface area contributed by atoms with Crippen LogP contribution in [0.5, 0.6) is 11.5 Å². The Labute approximate surface area is 200 Å². The van der Waals surface area contributed by atoms with E-state index < -0.39 is 6.04 Å². The van der Waals surface area contributed by atoms with E-state index in [0.29, 0.717) is 12.3 Å². The Kier molecular flexibility index (Phi) is 7.68. The van der Waals surface area contributed by atoms with Crippen LogP contribution in [0, 0.1) is 0 Å². The van der Waals surface area contributed by atoms with Crippen LogP contribution in [0.1, 0.15) is 38.2 Å². The van der Waals surface area contributed by atoms with E-state index in [-0.39, 0.29) is 24.5 Å². The second-order valence-electron chi connectivity index (χ2n) is 8.80. The molecule has 178 valence electrons. The van der Waals surface area contributed by atoms with Crippen molar-refractivity contribution in [2.75, 3.05) is 13.7 Å². The molecule has 1 aliphatic rings. The minimum absolute atomic E-state index is 0.126. The number of nitrogens with zero attached hydrogens (tertiary/aromatic N) is 1. The molecule has 1 aliphatic carbocycles. The maximum absolute atomic E-state index is 13.4. The van der Waals surface area contributed by atoms with E-state index in [1.165, 1.54) is 0 Å². The van der Waals surface area contributed by atoms with Crippen LogP contribution in [0.2, 0.25) is 0 Å². The summed E-state index contributed by atoms with van der Waals surface area (Å²) in [6.45, 7) is 1.94. The molecule has 1 saturated carbocycles. The Morgan fingerprint density at radius 2 is 1.71 bits per heavy atom. The van der Waals surface area contributed by atoms with Gasteiger partial charge in [0.15, 0.2) is 6.61 Å². The van der Waals surface area contributed by atoms with E-state index in [9.17, 15) is 9.59 Å². The summed E-state index contributed by atoms with van der Waals surface area (Å²) in [4.78, 5) is 28.0. The molecule has 3 aromatic rings. The zero-order valence-corrected chi connectivity index (χ0v) is 19.8. The summed E-state index contributed by atoms with van der Waals surface area (Å²) in [5.74, 6) is 1.03. The Morgan fingerprint density at radius 1 is 1.00 bits per heavy atom. The molecule has 0 unspecified atom stereocenters. The highest BCUT2D eigenvalue weighted by atomic mass is 16.5. The van der Waals surface area contributed by atoms with Crippen molar-refractivity contribution >= 4 is 22.6 Å². The van der Waals surface area contributed by atoms with E-state index in [1.54, 1.807) is 18.9 Å². The molecular formula is C28H32N2O4. The van der Waals surface area contributed by atoms with Crippen LogP contribution in [0.4, 0.5) is 0 Å². The van der Waals surface area contributed by atoms with Crippen molar-refractivity contribution < 1.29 is 19.1 Å². The second kappa shape index (κ2) is 11.1. The average Bonchev–Trinajstić information content (AvgIpc) is 3.38. The van der Waals surface area contributed by atoms with Gasteiger partial charge in [0, 0.05) is 18.0 Å². The van der Waals surface area contributed by atoms with E-state index in [0.717, 1.165) is 47.8 Å². The van der Waals surface area contributed by atoms with Gasteiger partial charge in [-0.05, 0) is 48.9 Å². The number of methoxy groups -OCH3 is 1.